The van der Waals surface area contributed by atoms with Gasteiger partial charge in [0, 0.05) is 14.5 Å². The van der Waals surface area contributed by atoms with Gasteiger partial charge in [-0.15, -0.1) is 0 Å². The number of hydrogen-bond acceptors (Lipinski definition) is 2. The zero-order valence-corrected chi connectivity index (χ0v) is 13.3. The second kappa shape index (κ2) is 5.98. The maximum absolute atomic E-state index is 11.7. The normalized spacial score (nSPS) is 11.4. The van der Waals surface area contributed by atoms with Crippen LogP contribution in [0.5, 0.6) is 0 Å². The number of nitrogens with one attached hydrogen (secondary N) is 2. The Labute approximate surface area is 119 Å². The fraction of sp³-hybridized carbons (Fsp3) is 0.417. The number of benzene rings is 1. The lowest BCUT2D eigenvalue weighted by Crippen LogP contribution is -2.41. The highest BCUT2D eigenvalue weighted by atomic mass is 79.9. The Morgan fingerprint density at radius 2 is 1.76 bits per heavy atom. The van der Waals surface area contributed by atoms with Gasteiger partial charge in [-0.2, -0.15) is 0 Å². The van der Waals surface area contributed by atoms with Gasteiger partial charge in [-0.1, -0.05) is 6.07 Å². The molecule has 17 heavy (non-hydrogen) atoms. The lowest BCUT2D eigenvalue weighted by Gasteiger charge is -2.20. The quantitative estimate of drug-likeness (QED) is 0.862. The summed E-state index contributed by atoms with van der Waals surface area (Å²) in [5, 5.41) is 5.99. The van der Waals surface area contributed by atoms with Crippen LogP contribution in [0.25, 0.3) is 0 Å². The van der Waals surface area contributed by atoms with Gasteiger partial charge in [0.25, 0.3) is 0 Å². The van der Waals surface area contributed by atoms with E-state index in [-0.39, 0.29) is 18.0 Å². The molecule has 0 saturated carbocycles. The fourth-order valence-corrected chi connectivity index (χ4v) is 2.34. The summed E-state index contributed by atoms with van der Waals surface area (Å²) in [6.45, 7) is 6.36. The first kappa shape index (κ1) is 14.7. The van der Waals surface area contributed by atoms with E-state index in [1.54, 1.807) is 0 Å². The van der Waals surface area contributed by atoms with Gasteiger partial charge in [0.15, 0.2) is 0 Å². The topological polar surface area (TPSA) is 41.1 Å². The van der Waals surface area contributed by atoms with Crippen molar-refractivity contribution in [1.29, 1.82) is 0 Å². The summed E-state index contributed by atoms with van der Waals surface area (Å²) in [6, 6.07) is 5.67. The van der Waals surface area contributed by atoms with E-state index in [1.165, 1.54) is 0 Å². The molecule has 0 atom stereocenters. The van der Waals surface area contributed by atoms with Crippen molar-refractivity contribution in [2.45, 2.75) is 26.3 Å². The van der Waals surface area contributed by atoms with E-state index < -0.39 is 0 Å². The number of rotatable bonds is 3. The summed E-state index contributed by atoms with van der Waals surface area (Å²) in [7, 11) is 0. The van der Waals surface area contributed by atoms with Crippen LogP contribution in [0.1, 0.15) is 20.8 Å². The molecule has 0 radical (unpaired) electrons. The second-order valence-corrected chi connectivity index (χ2v) is 6.46. The summed E-state index contributed by atoms with van der Waals surface area (Å²) in [6.07, 6.45) is 0. The largest absolute Gasteiger partial charge is 0.323 e. The lowest BCUT2D eigenvalue weighted by molar-refractivity contribution is -0.115. The van der Waals surface area contributed by atoms with Crippen LogP contribution in [-0.2, 0) is 4.79 Å². The highest BCUT2D eigenvalue weighted by Crippen LogP contribution is 2.30. The van der Waals surface area contributed by atoms with Crippen molar-refractivity contribution in [2.24, 2.45) is 0 Å². The summed E-state index contributed by atoms with van der Waals surface area (Å²) < 4.78 is 1.71. The van der Waals surface area contributed by atoms with Crippen LogP contribution < -0.4 is 10.6 Å². The Morgan fingerprint density at radius 1 is 1.24 bits per heavy atom. The van der Waals surface area contributed by atoms with Crippen molar-refractivity contribution < 1.29 is 4.79 Å². The molecule has 1 aromatic carbocycles. The van der Waals surface area contributed by atoms with Crippen molar-refractivity contribution in [3.8, 4) is 0 Å². The Bertz CT molecular complexity index is 393. The highest BCUT2D eigenvalue weighted by molar-refractivity contribution is 9.11. The van der Waals surface area contributed by atoms with Gasteiger partial charge < -0.3 is 10.6 Å². The molecule has 0 unspecified atom stereocenters. The molecule has 0 fully saturated rings. The summed E-state index contributed by atoms with van der Waals surface area (Å²) in [5.74, 6) is -0.0625. The number of amides is 1. The van der Waals surface area contributed by atoms with Crippen LogP contribution in [0, 0.1) is 0 Å². The second-order valence-electron chi connectivity index (χ2n) is 4.75. The molecule has 0 spiro atoms. The first-order valence-corrected chi connectivity index (χ1v) is 6.87. The van der Waals surface area contributed by atoms with Crippen LogP contribution in [0.3, 0.4) is 0 Å². The number of hydrogen-bond donors (Lipinski definition) is 2. The smallest absolute Gasteiger partial charge is 0.238 e. The van der Waals surface area contributed by atoms with E-state index in [9.17, 15) is 4.79 Å². The van der Waals surface area contributed by atoms with Crippen LogP contribution in [0.4, 0.5) is 5.69 Å². The molecule has 5 heteroatoms. The highest BCUT2D eigenvalue weighted by Gasteiger charge is 2.13. The van der Waals surface area contributed by atoms with E-state index in [4.69, 9.17) is 0 Å². The van der Waals surface area contributed by atoms with Gasteiger partial charge in [0.05, 0.1) is 12.2 Å². The van der Waals surface area contributed by atoms with Gasteiger partial charge in [-0.3, -0.25) is 4.79 Å². The molecular weight excluding hydrogens is 348 g/mol. The third kappa shape index (κ3) is 5.19. The van der Waals surface area contributed by atoms with Gasteiger partial charge in [-0.05, 0) is 64.8 Å². The predicted octanol–water partition coefficient (Wildman–Crippen LogP) is 3.54. The number of halogens is 2. The zero-order valence-electron chi connectivity index (χ0n) is 10.1. The molecule has 1 rings (SSSR count). The van der Waals surface area contributed by atoms with Gasteiger partial charge in [0.2, 0.25) is 5.91 Å². The van der Waals surface area contributed by atoms with Crippen molar-refractivity contribution >= 4 is 43.5 Å². The van der Waals surface area contributed by atoms with Gasteiger partial charge in [-0.25, -0.2) is 0 Å². The molecule has 3 nitrogen and oxygen atoms in total. The summed E-state index contributed by atoms with van der Waals surface area (Å²) in [5.41, 5.74) is 0.691. The minimum atomic E-state index is -0.0670. The molecule has 0 aromatic heterocycles. The maximum atomic E-state index is 11.7. The third-order valence-corrected chi connectivity index (χ3v) is 3.33. The number of para-hydroxylation sites is 1. The van der Waals surface area contributed by atoms with Crippen LogP contribution in [0.2, 0.25) is 0 Å². The maximum Gasteiger partial charge on any atom is 0.238 e. The van der Waals surface area contributed by atoms with Crippen LogP contribution >= 0.6 is 31.9 Å². The Hall–Kier alpha value is -0.390. The molecule has 0 aliphatic rings. The number of carbonyl (C=O) groups excluding carboxylic acids is 1. The predicted molar refractivity (Wildman–Crippen MR) is 78.2 cm³/mol. The molecule has 0 aliphatic heterocycles. The standard InChI is InChI=1S/C12H16Br2N2O/c1-12(2,3)15-7-10(17)16-11-8(13)5-4-6-9(11)14/h4-6,15H,7H2,1-3H3,(H,16,17). The third-order valence-electron chi connectivity index (χ3n) is 2.01. The van der Waals surface area contributed by atoms with Crippen molar-refractivity contribution in [3.63, 3.8) is 0 Å². The molecule has 0 heterocycles. The van der Waals surface area contributed by atoms with E-state index >= 15 is 0 Å². The molecule has 0 saturated heterocycles. The molecule has 1 amide bonds. The fourth-order valence-electron chi connectivity index (χ4n) is 1.15. The first-order valence-electron chi connectivity index (χ1n) is 5.28. The average molecular weight is 364 g/mol. The van der Waals surface area contributed by atoms with E-state index in [0.29, 0.717) is 0 Å². The van der Waals surface area contributed by atoms with Gasteiger partial charge >= 0.3 is 0 Å². The zero-order chi connectivity index (χ0) is 13.1. The van der Waals surface area contributed by atoms with Crippen LogP contribution in [-0.4, -0.2) is 18.0 Å². The Morgan fingerprint density at radius 3 is 2.24 bits per heavy atom. The van der Waals surface area contributed by atoms with Gasteiger partial charge in [0.1, 0.15) is 0 Å². The lowest BCUT2D eigenvalue weighted by atomic mass is 10.1. The molecule has 94 valence electrons. The average Bonchev–Trinajstić information content (AvgIpc) is 2.20. The Kier molecular flexibility index (Phi) is 5.16. The number of anilines is 1. The van der Waals surface area contributed by atoms with Crippen molar-refractivity contribution in [1.82, 2.24) is 5.32 Å². The minimum absolute atomic E-state index is 0.0625. The minimum Gasteiger partial charge on any atom is -0.323 e. The monoisotopic (exact) mass is 362 g/mol. The van der Waals surface area contributed by atoms with E-state index in [1.807, 2.05) is 39.0 Å². The summed E-state index contributed by atoms with van der Waals surface area (Å²) >= 11 is 6.80. The molecule has 0 bridgehead atoms. The number of carbonyl (C=O) groups is 1. The van der Waals surface area contributed by atoms with Crippen molar-refractivity contribution in [2.75, 3.05) is 11.9 Å². The SMILES string of the molecule is CC(C)(C)NCC(=O)Nc1c(Br)cccc1Br. The Balaban J connectivity index is 2.63. The van der Waals surface area contributed by atoms with Crippen molar-refractivity contribution in [3.05, 3.63) is 27.1 Å². The molecule has 1 aromatic rings. The van der Waals surface area contributed by atoms with E-state index in [0.717, 1.165) is 14.6 Å². The summed E-state index contributed by atoms with van der Waals surface area (Å²) in [4.78, 5) is 11.7. The molecule has 0 aliphatic carbocycles. The van der Waals surface area contributed by atoms with E-state index in [2.05, 4.69) is 42.5 Å². The first-order chi connectivity index (χ1) is 7.79. The molecular formula is C12H16Br2N2O. The van der Waals surface area contributed by atoms with Crippen LogP contribution in [0.15, 0.2) is 27.1 Å². The molecule has 2 N–H and O–H groups in total.